The number of nitrogens with one attached hydrogen (secondary N) is 1. The molecule has 3 nitrogen and oxygen atoms in total. The largest absolute Gasteiger partial charge is 0.322 e. The van der Waals surface area contributed by atoms with Gasteiger partial charge in [-0.2, -0.15) is 0 Å². The molecule has 0 aliphatic carbocycles. The van der Waals surface area contributed by atoms with Crippen LogP contribution in [0.25, 0.3) is 0 Å². The van der Waals surface area contributed by atoms with Gasteiger partial charge in [-0.1, -0.05) is 0 Å². The number of carbonyl (C=O) groups excluding carboxylic acids is 1. The van der Waals surface area contributed by atoms with Gasteiger partial charge in [-0.25, -0.2) is 8.78 Å². The second-order valence-electron chi connectivity index (χ2n) is 3.90. The number of aromatic nitrogens is 1. The van der Waals surface area contributed by atoms with Crippen molar-refractivity contribution in [2.45, 2.75) is 6.92 Å². The predicted octanol–water partition coefficient (Wildman–Crippen LogP) is 3.53. The van der Waals surface area contributed by atoms with Crippen LogP contribution in [0.3, 0.4) is 0 Å². The van der Waals surface area contributed by atoms with Crippen LogP contribution in [-0.2, 0) is 0 Å². The minimum Gasteiger partial charge on any atom is -0.322 e. The van der Waals surface area contributed by atoms with Crippen LogP contribution in [0.15, 0.2) is 30.5 Å². The lowest BCUT2D eigenvalue weighted by Crippen LogP contribution is -2.13. The molecule has 0 atom stereocenters. The van der Waals surface area contributed by atoms with E-state index in [1.807, 2.05) is 0 Å². The first-order valence-electron chi connectivity index (χ1n) is 5.36. The highest BCUT2D eigenvalue weighted by Gasteiger charge is 2.11. The molecule has 0 aliphatic rings. The number of hydrogen-bond donors (Lipinski definition) is 1. The minimum atomic E-state index is -0.710. The summed E-state index contributed by atoms with van der Waals surface area (Å²) in [6, 6.07) is 5.43. The van der Waals surface area contributed by atoms with Crippen molar-refractivity contribution in [2.75, 3.05) is 5.32 Å². The minimum absolute atomic E-state index is 0.0704. The molecule has 0 spiro atoms. The fourth-order valence-electron chi connectivity index (χ4n) is 1.43. The van der Waals surface area contributed by atoms with E-state index in [2.05, 4.69) is 10.3 Å². The third kappa shape index (κ3) is 3.25. The van der Waals surface area contributed by atoms with Crippen LogP contribution < -0.4 is 5.32 Å². The second kappa shape index (κ2) is 5.60. The molecule has 0 unspecified atom stereocenters. The summed E-state index contributed by atoms with van der Waals surface area (Å²) in [5.41, 5.74) is 1.17. The molecule has 0 saturated carbocycles. The van der Waals surface area contributed by atoms with Gasteiger partial charge in [0.2, 0.25) is 0 Å². The highest BCUT2D eigenvalue weighted by atomic mass is 127. The number of nitrogens with zero attached hydrogens (tertiary/aromatic N) is 1. The van der Waals surface area contributed by atoms with Crippen LogP contribution >= 0.6 is 22.6 Å². The van der Waals surface area contributed by atoms with Gasteiger partial charge in [-0.05, 0) is 53.8 Å². The molecule has 1 heterocycles. The van der Waals surface area contributed by atoms with Gasteiger partial charge in [0.15, 0.2) is 0 Å². The highest BCUT2D eigenvalue weighted by Crippen LogP contribution is 2.20. The normalized spacial score (nSPS) is 10.3. The third-order valence-corrected chi connectivity index (χ3v) is 3.45. The first-order chi connectivity index (χ1) is 8.97. The maximum atomic E-state index is 13.3. The molecular weight excluding hydrogens is 365 g/mol. The van der Waals surface area contributed by atoms with Crippen LogP contribution in [0.2, 0.25) is 0 Å². The van der Waals surface area contributed by atoms with Crippen molar-refractivity contribution in [3.05, 3.63) is 56.9 Å². The van der Waals surface area contributed by atoms with Gasteiger partial charge < -0.3 is 5.32 Å². The van der Waals surface area contributed by atoms with E-state index in [0.717, 1.165) is 17.8 Å². The zero-order valence-electron chi connectivity index (χ0n) is 9.88. The molecule has 98 valence electrons. The van der Waals surface area contributed by atoms with E-state index in [0.29, 0.717) is 5.56 Å². The molecular formula is C13H9F2IN2O. The van der Waals surface area contributed by atoms with Crippen molar-refractivity contribution in [2.24, 2.45) is 0 Å². The molecule has 2 rings (SSSR count). The fourth-order valence-corrected chi connectivity index (χ4v) is 1.74. The first kappa shape index (κ1) is 13.9. The third-order valence-electron chi connectivity index (χ3n) is 2.42. The predicted molar refractivity (Wildman–Crippen MR) is 76.0 cm³/mol. The lowest BCUT2D eigenvalue weighted by atomic mass is 10.2. The summed E-state index contributed by atoms with van der Waals surface area (Å²) in [6.07, 6.45) is 1.41. The van der Waals surface area contributed by atoms with Crippen LogP contribution in [-0.4, -0.2) is 10.9 Å². The number of anilines is 1. The number of pyridine rings is 1. The Bertz CT molecular complexity index is 606. The summed E-state index contributed by atoms with van der Waals surface area (Å²) in [5, 5.41) is 2.42. The van der Waals surface area contributed by atoms with E-state index in [4.69, 9.17) is 0 Å². The van der Waals surface area contributed by atoms with Crippen molar-refractivity contribution >= 4 is 34.2 Å². The monoisotopic (exact) mass is 374 g/mol. The summed E-state index contributed by atoms with van der Waals surface area (Å²) >= 11 is 1.56. The molecule has 1 amide bonds. The number of benzene rings is 1. The molecule has 1 N–H and O–H groups in total. The Kier molecular flexibility index (Phi) is 4.08. The molecule has 1 aromatic heterocycles. The molecule has 0 radical (unpaired) electrons. The lowest BCUT2D eigenvalue weighted by Gasteiger charge is -2.07. The first-order valence-corrected chi connectivity index (χ1v) is 6.44. The Balaban J connectivity index is 2.22. The molecule has 0 saturated heterocycles. The summed E-state index contributed by atoms with van der Waals surface area (Å²) < 4.78 is 26.6. The van der Waals surface area contributed by atoms with Gasteiger partial charge in [0.1, 0.15) is 11.6 Å². The lowest BCUT2D eigenvalue weighted by molar-refractivity contribution is 0.102. The van der Waals surface area contributed by atoms with Crippen LogP contribution in [0, 0.1) is 22.1 Å². The van der Waals surface area contributed by atoms with Gasteiger partial charge in [0, 0.05) is 17.6 Å². The molecule has 0 fully saturated rings. The Morgan fingerprint density at radius 1 is 1.26 bits per heavy atom. The molecule has 2 aromatic rings. The number of amides is 1. The van der Waals surface area contributed by atoms with Crippen molar-refractivity contribution in [1.29, 1.82) is 0 Å². The summed E-state index contributed by atoms with van der Waals surface area (Å²) in [5.74, 6) is -1.89. The molecule has 0 bridgehead atoms. The summed E-state index contributed by atoms with van der Waals surface area (Å²) in [4.78, 5) is 15.8. The Morgan fingerprint density at radius 2 is 1.89 bits per heavy atom. The van der Waals surface area contributed by atoms with Gasteiger partial charge in [-0.15, -0.1) is 0 Å². The van der Waals surface area contributed by atoms with Crippen LogP contribution in [0.1, 0.15) is 16.1 Å². The van der Waals surface area contributed by atoms with E-state index in [9.17, 15) is 13.6 Å². The second-order valence-corrected chi connectivity index (χ2v) is 4.98. The van der Waals surface area contributed by atoms with Gasteiger partial charge in [0.05, 0.1) is 9.13 Å². The SMILES string of the molecule is Cc1ccc(C(=O)Nc2cc(F)c(I)c(F)c2)cn1. The number of rotatable bonds is 2. The van der Waals surface area contributed by atoms with E-state index in [1.165, 1.54) is 6.20 Å². The van der Waals surface area contributed by atoms with Crippen molar-refractivity contribution in [3.63, 3.8) is 0 Å². The molecule has 6 heteroatoms. The highest BCUT2D eigenvalue weighted by molar-refractivity contribution is 14.1. The zero-order chi connectivity index (χ0) is 14.0. The zero-order valence-corrected chi connectivity index (χ0v) is 12.0. The van der Waals surface area contributed by atoms with Crippen molar-refractivity contribution in [1.82, 2.24) is 4.98 Å². The maximum Gasteiger partial charge on any atom is 0.257 e. The summed E-state index contributed by atoms with van der Waals surface area (Å²) in [7, 11) is 0. The van der Waals surface area contributed by atoms with Crippen LogP contribution in [0.5, 0.6) is 0 Å². The van der Waals surface area contributed by atoms with Crippen molar-refractivity contribution < 1.29 is 13.6 Å². The number of aryl methyl sites for hydroxylation is 1. The molecule has 0 aliphatic heterocycles. The van der Waals surface area contributed by atoms with E-state index in [-0.39, 0.29) is 9.26 Å². The Labute approximate surface area is 122 Å². The molecule has 1 aromatic carbocycles. The van der Waals surface area contributed by atoms with Crippen molar-refractivity contribution in [3.8, 4) is 0 Å². The molecule has 19 heavy (non-hydrogen) atoms. The average Bonchev–Trinajstić information content (AvgIpc) is 2.36. The van der Waals surface area contributed by atoms with E-state index in [1.54, 1.807) is 41.6 Å². The fraction of sp³-hybridized carbons (Fsp3) is 0.0769. The number of carbonyl (C=O) groups is 1. The van der Waals surface area contributed by atoms with E-state index < -0.39 is 17.5 Å². The standard InChI is InChI=1S/C13H9F2IN2O/c1-7-2-3-8(6-17-7)13(19)18-9-4-10(14)12(16)11(15)5-9/h2-6H,1H3,(H,18,19). The Hall–Kier alpha value is -1.57. The smallest absolute Gasteiger partial charge is 0.257 e. The van der Waals surface area contributed by atoms with Gasteiger partial charge >= 0.3 is 0 Å². The average molecular weight is 374 g/mol. The van der Waals surface area contributed by atoms with E-state index >= 15 is 0 Å². The van der Waals surface area contributed by atoms with Crippen LogP contribution in [0.4, 0.5) is 14.5 Å². The summed E-state index contributed by atoms with van der Waals surface area (Å²) in [6.45, 7) is 1.80. The number of hydrogen-bond acceptors (Lipinski definition) is 2. The van der Waals surface area contributed by atoms with Gasteiger partial charge in [0.25, 0.3) is 5.91 Å². The number of halogens is 3. The Morgan fingerprint density at radius 3 is 2.42 bits per heavy atom. The quantitative estimate of drug-likeness (QED) is 0.646. The maximum absolute atomic E-state index is 13.3. The van der Waals surface area contributed by atoms with Gasteiger partial charge in [-0.3, -0.25) is 9.78 Å². The topological polar surface area (TPSA) is 42.0 Å².